The predicted molar refractivity (Wildman–Crippen MR) is 133 cm³/mol. The van der Waals surface area contributed by atoms with Crippen molar-refractivity contribution in [3.63, 3.8) is 0 Å². The molecule has 0 radical (unpaired) electrons. The molecule has 9 heteroatoms. The molecule has 9 nitrogen and oxygen atoms in total. The van der Waals surface area contributed by atoms with Gasteiger partial charge in [-0.15, -0.1) is 0 Å². The number of carbonyl (C=O) groups is 1. The number of carbonyl (C=O) groups excluding carboxylic acids is 1. The molecule has 1 heterocycles. The van der Waals surface area contributed by atoms with Gasteiger partial charge < -0.3 is 19.1 Å². The Hall–Kier alpha value is -3.95. The molecular formula is C26H27N5O4. The van der Waals surface area contributed by atoms with Gasteiger partial charge in [0.25, 0.3) is 0 Å². The van der Waals surface area contributed by atoms with Crippen LogP contribution in [0.4, 0.5) is 28.4 Å². The molecule has 1 saturated heterocycles. The van der Waals surface area contributed by atoms with E-state index in [1.54, 1.807) is 24.3 Å². The summed E-state index contributed by atoms with van der Waals surface area (Å²) < 4.78 is 15.8. The molecule has 4 rings (SSSR count). The minimum absolute atomic E-state index is 0.214. The summed E-state index contributed by atoms with van der Waals surface area (Å²) in [5.74, 6) is 0.124. The van der Waals surface area contributed by atoms with Crippen molar-refractivity contribution >= 4 is 34.4 Å². The average Bonchev–Trinajstić information content (AvgIpc) is 3.43. The van der Waals surface area contributed by atoms with E-state index >= 15 is 0 Å². The van der Waals surface area contributed by atoms with E-state index in [1.165, 1.54) is 0 Å². The lowest BCUT2D eigenvalue weighted by molar-refractivity contribution is -0.135. The fourth-order valence-electron chi connectivity index (χ4n) is 3.23. The van der Waals surface area contributed by atoms with Crippen LogP contribution in [0.25, 0.3) is 0 Å². The summed E-state index contributed by atoms with van der Waals surface area (Å²) in [4.78, 5) is 13.9. The minimum atomic E-state index is -0.334. The highest BCUT2D eigenvalue weighted by Crippen LogP contribution is 2.26. The number of anilines is 1. The zero-order valence-electron chi connectivity index (χ0n) is 19.5. The fourth-order valence-corrected chi connectivity index (χ4v) is 3.23. The third-order valence-corrected chi connectivity index (χ3v) is 5.10. The molecular weight excluding hydrogens is 446 g/mol. The monoisotopic (exact) mass is 473 g/mol. The number of esters is 1. The summed E-state index contributed by atoms with van der Waals surface area (Å²) in [5, 5.41) is 17.0. The zero-order valence-corrected chi connectivity index (χ0v) is 19.5. The van der Waals surface area contributed by atoms with Crippen LogP contribution in [0.2, 0.25) is 0 Å². The highest BCUT2D eigenvalue weighted by Gasteiger charge is 2.12. The van der Waals surface area contributed by atoms with Crippen molar-refractivity contribution in [3.05, 3.63) is 72.8 Å². The smallest absolute Gasteiger partial charge is 0.313 e. The summed E-state index contributed by atoms with van der Waals surface area (Å²) in [6.45, 7) is 5.09. The van der Waals surface area contributed by atoms with E-state index in [1.807, 2.05) is 55.5 Å². The van der Waals surface area contributed by atoms with Crippen LogP contribution in [0, 0.1) is 0 Å². The SMILES string of the molecule is CCOCCC(=O)Oc1ccc(N=Nc2ccc(N=Nc3ccc(N4CCOC4)cc3)cc2)cc1. The first-order valence-electron chi connectivity index (χ1n) is 11.4. The highest BCUT2D eigenvalue weighted by atomic mass is 16.5. The van der Waals surface area contributed by atoms with Crippen LogP contribution in [0.3, 0.4) is 0 Å². The van der Waals surface area contributed by atoms with E-state index in [0.717, 1.165) is 30.2 Å². The molecule has 0 aliphatic carbocycles. The molecule has 180 valence electrons. The highest BCUT2D eigenvalue weighted by molar-refractivity contribution is 5.72. The zero-order chi connectivity index (χ0) is 24.3. The fraction of sp³-hybridized carbons (Fsp3) is 0.269. The Morgan fingerprint density at radius 1 is 0.829 bits per heavy atom. The Balaban J connectivity index is 1.27. The van der Waals surface area contributed by atoms with E-state index in [9.17, 15) is 4.79 Å². The van der Waals surface area contributed by atoms with Crippen LogP contribution in [0.5, 0.6) is 5.75 Å². The van der Waals surface area contributed by atoms with Crippen molar-refractivity contribution in [1.29, 1.82) is 0 Å². The molecule has 0 amide bonds. The van der Waals surface area contributed by atoms with Crippen molar-refractivity contribution in [2.75, 3.05) is 38.0 Å². The van der Waals surface area contributed by atoms with E-state index in [-0.39, 0.29) is 12.4 Å². The number of rotatable bonds is 10. The minimum Gasteiger partial charge on any atom is -0.426 e. The van der Waals surface area contributed by atoms with Gasteiger partial charge in [0, 0.05) is 18.8 Å². The van der Waals surface area contributed by atoms with Gasteiger partial charge in [-0.25, -0.2) is 0 Å². The van der Waals surface area contributed by atoms with Crippen LogP contribution in [0.15, 0.2) is 93.3 Å². The van der Waals surface area contributed by atoms with Crippen molar-refractivity contribution in [2.45, 2.75) is 13.3 Å². The maximum Gasteiger partial charge on any atom is 0.313 e. The first kappa shape index (κ1) is 24.2. The Morgan fingerprint density at radius 2 is 1.34 bits per heavy atom. The van der Waals surface area contributed by atoms with Gasteiger partial charge in [0.2, 0.25) is 0 Å². The van der Waals surface area contributed by atoms with Gasteiger partial charge >= 0.3 is 5.97 Å². The van der Waals surface area contributed by atoms with Gasteiger partial charge in [0.1, 0.15) is 12.5 Å². The lowest BCUT2D eigenvalue weighted by atomic mass is 10.2. The van der Waals surface area contributed by atoms with Crippen molar-refractivity contribution in [1.82, 2.24) is 0 Å². The van der Waals surface area contributed by atoms with Gasteiger partial charge in [-0.05, 0) is 79.7 Å². The third-order valence-electron chi connectivity index (χ3n) is 5.10. The van der Waals surface area contributed by atoms with Crippen LogP contribution in [0.1, 0.15) is 13.3 Å². The van der Waals surface area contributed by atoms with Gasteiger partial charge in [0.05, 0.1) is 42.4 Å². The normalized spacial score (nSPS) is 13.7. The molecule has 0 aromatic heterocycles. The second-order valence-electron chi connectivity index (χ2n) is 7.65. The maximum absolute atomic E-state index is 11.7. The molecule has 0 saturated carbocycles. The molecule has 3 aromatic carbocycles. The third kappa shape index (κ3) is 7.53. The van der Waals surface area contributed by atoms with Gasteiger partial charge in [-0.3, -0.25) is 4.79 Å². The number of hydrogen-bond donors (Lipinski definition) is 0. The van der Waals surface area contributed by atoms with Gasteiger partial charge in [-0.1, -0.05) is 0 Å². The topological polar surface area (TPSA) is 97.4 Å². The lowest BCUT2D eigenvalue weighted by Gasteiger charge is -2.15. The standard InChI is InChI=1S/C26H27N5O4/c1-2-33-17-15-26(32)35-25-13-9-23(10-14-25)30-28-21-5-3-20(4-6-21)27-29-22-7-11-24(12-8-22)31-16-18-34-19-31/h3-14H,2,15-19H2,1H3. The summed E-state index contributed by atoms with van der Waals surface area (Å²) >= 11 is 0. The molecule has 1 aliphatic heterocycles. The molecule has 0 spiro atoms. The summed E-state index contributed by atoms with van der Waals surface area (Å²) in [5.41, 5.74) is 3.95. The van der Waals surface area contributed by atoms with E-state index in [4.69, 9.17) is 14.2 Å². The van der Waals surface area contributed by atoms with E-state index in [2.05, 4.69) is 25.4 Å². The van der Waals surface area contributed by atoms with E-state index in [0.29, 0.717) is 37.1 Å². The molecule has 0 unspecified atom stereocenters. The van der Waals surface area contributed by atoms with Gasteiger partial charge in [0.15, 0.2) is 0 Å². The predicted octanol–water partition coefficient (Wildman–Crippen LogP) is 6.64. The summed E-state index contributed by atoms with van der Waals surface area (Å²) in [6.07, 6.45) is 0.214. The number of ether oxygens (including phenoxy) is 3. The Morgan fingerprint density at radius 3 is 1.83 bits per heavy atom. The molecule has 1 fully saturated rings. The second-order valence-corrected chi connectivity index (χ2v) is 7.65. The largest absolute Gasteiger partial charge is 0.426 e. The number of benzene rings is 3. The van der Waals surface area contributed by atoms with E-state index < -0.39 is 0 Å². The number of nitrogens with zero attached hydrogens (tertiary/aromatic N) is 5. The quantitative estimate of drug-likeness (QED) is 0.142. The lowest BCUT2D eigenvalue weighted by Crippen LogP contribution is -2.17. The first-order valence-corrected chi connectivity index (χ1v) is 11.4. The first-order chi connectivity index (χ1) is 17.2. The average molecular weight is 474 g/mol. The van der Waals surface area contributed by atoms with Crippen molar-refractivity contribution < 1.29 is 19.0 Å². The van der Waals surface area contributed by atoms with Gasteiger partial charge in [-0.2, -0.15) is 20.5 Å². The molecule has 3 aromatic rings. The summed E-state index contributed by atoms with van der Waals surface area (Å²) in [6, 6.07) is 22.1. The number of hydrogen-bond acceptors (Lipinski definition) is 9. The Labute approximate surface area is 204 Å². The summed E-state index contributed by atoms with van der Waals surface area (Å²) in [7, 11) is 0. The molecule has 1 aliphatic rings. The Bertz CT molecular complexity index is 1140. The van der Waals surface area contributed by atoms with Crippen LogP contribution < -0.4 is 9.64 Å². The van der Waals surface area contributed by atoms with Crippen molar-refractivity contribution in [3.8, 4) is 5.75 Å². The molecule has 0 bridgehead atoms. The molecule has 0 atom stereocenters. The van der Waals surface area contributed by atoms with Crippen molar-refractivity contribution in [2.24, 2.45) is 20.5 Å². The van der Waals surface area contributed by atoms with Crippen LogP contribution >= 0.6 is 0 Å². The molecule has 0 N–H and O–H groups in total. The van der Waals surface area contributed by atoms with Crippen LogP contribution in [-0.4, -0.2) is 39.1 Å². The number of azo groups is 2. The van der Waals surface area contributed by atoms with Crippen LogP contribution in [-0.2, 0) is 14.3 Å². The maximum atomic E-state index is 11.7. The second kappa shape index (κ2) is 12.5. The Kier molecular flexibility index (Phi) is 8.63. The molecule has 35 heavy (non-hydrogen) atoms.